The maximum atomic E-state index is 5.77. The summed E-state index contributed by atoms with van der Waals surface area (Å²) in [6, 6.07) is 2.63. The zero-order valence-electron chi connectivity index (χ0n) is 9.61. The number of nitrogens with two attached hydrogens (primary N) is 1. The van der Waals surface area contributed by atoms with E-state index in [9.17, 15) is 0 Å². The molecule has 15 heavy (non-hydrogen) atoms. The highest BCUT2D eigenvalue weighted by Gasteiger charge is 2.20. The Morgan fingerprint density at radius 1 is 1.47 bits per heavy atom. The van der Waals surface area contributed by atoms with Crippen molar-refractivity contribution in [1.82, 2.24) is 14.7 Å². The summed E-state index contributed by atoms with van der Waals surface area (Å²) in [5, 5.41) is 4.40. The number of nitrogen functional groups attached to an aromatic ring is 1. The van der Waals surface area contributed by atoms with Gasteiger partial charge in [-0.25, -0.2) is 0 Å². The molecule has 0 aromatic carbocycles. The van der Waals surface area contributed by atoms with Crippen molar-refractivity contribution < 1.29 is 0 Å². The van der Waals surface area contributed by atoms with Crippen LogP contribution in [0, 0.1) is 0 Å². The van der Waals surface area contributed by atoms with Gasteiger partial charge in [-0.05, 0) is 26.4 Å². The summed E-state index contributed by atoms with van der Waals surface area (Å²) in [6.45, 7) is 1.22. The quantitative estimate of drug-likeness (QED) is 0.789. The highest BCUT2D eigenvalue weighted by atomic mass is 15.3. The molecule has 0 amide bonds. The number of hydrogen-bond acceptors (Lipinski definition) is 3. The molecule has 2 N–H and O–H groups in total. The van der Waals surface area contributed by atoms with Crippen LogP contribution in [0.3, 0.4) is 0 Å². The fourth-order valence-corrected chi connectivity index (χ4v) is 2.29. The van der Waals surface area contributed by atoms with Crippen LogP contribution in [-0.4, -0.2) is 34.3 Å². The zero-order chi connectivity index (χ0) is 10.8. The van der Waals surface area contributed by atoms with Crippen LogP contribution in [0.15, 0.2) is 6.07 Å². The zero-order valence-corrected chi connectivity index (χ0v) is 9.61. The van der Waals surface area contributed by atoms with Crippen LogP contribution in [0.4, 0.5) is 5.82 Å². The van der Waals surface area contributed by atoms with Gasteiger partial charge in [0.15, 0.2) is 0 Å². The molecule has 0 saturated carbocycles. The van der Waals surface area contributed by atoms with Gasteiger partial charge in [-0.15, -0.1) is 0 Å². The highest BCUT2D eigenvalue weighted by Crippen LogP contribution is 2.19. The van der Waals surface area contributed by atoms with E-state index in [1.165, 1.54) is 25.8 Å². The Morgan fingerprint density at radius 2 is 2.27 bits per heavy atom. The van der Waals surface area contributed by atoms with Gasteiger partial charge < -0.3 is 10.6 Å². The van der Waals surface area contributed by atoms with E-state index < -0.39 is 0 Å². The predicted octanol–water partition coefficient (Wildman–Crippen LogP) is 1.03. The molecule has 0 spiro atoms. The summed E-state index contributed by atoms with van der Waals surface area (Å²) in [7, 11) is 4.10. The maximum absolute atomic E-state index is 5.77. The van der Waals surface area contributed by atoms with E-state index in [1.807, 2.05) is 13.1 Å². The molecule has 1 aromatic heterocycles. The van der Waals surface area contributed by atoms with Crippen molar-refractivity contribution in [1.29, 1.82) is 0 Å². The standard InChI is InChI=1S/C11H20N4/c1-14-6-4-3-5-10(14)7-9-8-11(12)15(2)13-9/h8,10H,3-7,12H2,1-2H3. The number of piperidine rings is 1. The van der Waals surface area contributed by atoms with E-state index in [1.54, 1.807) is 4.68 Å². The minimum absolute atomic E-state index is 0.646. The topological polar surface area (TPSA) is 47.1 Å². The molecule has 1 unspecified atom stereocenters. The summed E-state index contributed by atoms with van der Waals surface area (Å²) in [5.74, 6) is 0.753. The molecule has 1 atom stereocenters. The fourth-order valence-electron chi connectivity index (χ4n) is 2.29. The van der Waals surface area contributed by atoms with Gasteiger partial charge in [0.05, 0.1) is 5.69 Å². The molecule has 1 aliphatic heterocycles. The second-order valence-corrected chi connectivity index (χ2v) is 4.52. The average molecular weight is 208 g/mol. The Labute approximate surface area is 91.1 Å². The van der Waals surface area contributed by atoms with Gasteiger partial charge >= 0.3 is 0 Å². The first-order valence-electron chi connectivity index (χ1n) is 5.65. The largest absolute Gasteiger partial charge is 0.384 e. The Hall–Kier alpha value is -1.03. The van der Waals surface area contributed by atoms with Gasteiger partial charge in [0.2, 0.25) is 0 Å². The van der Waals surface area contributed by atoms with Gasteiger partial charge in [0.25, 0.3) is 0 Å². The van der Waals surface area contributed by atoms with Crippen molar-refractivity contribution in [3.05, 3.63) is 11.8 Å². The molecule has 0 aliphatic carbocycles. The summed E-state index contributed by atoms with van der Waals surface area (Å²) >= 11 is 0. The molecule has 4 nitrogen and oxygen atoms in total. The van der Waals surface area contributed by atoms with Crippen LogP contribution in [0.25, 0.3) is 0 Å². The third kappa shape index (κ3) is 2.31. The van der Waals surface area contributed by atoms with Crippen LogP contribution < -0.4 is 5.73 Å². The molecule has 0 bridgehead atoms. The van der Waals surface area contributed by atoms with Crippen molar-refractivity contribution in [2.75, 3.05) is 19.3 Å². The molecule has 2 rings (SSSR count). The van der Waals surface area contributed by atoms with E-state index in [2.05, 4.69) is 17.0 Å². The number of anilines is 1. The van der Waals surface area contributed by atoms with E-state index >= 15 is 0 Å². The van der Waals surface area contributed by atoms with Crippen molar-refractivity contribution >= 4 is 5.82 Å². The van der Waals surface area contributed by atoms with Gasteiger partial charge in [0, 0.05) is 25.6 Å². The molecule has 1 aromatic rings. The predicted molar refractivity (Wildman–Crippen MR) is 61.6 cm³/mol. The highest BCUT2D eigenvalue weighted by molar-refractivity contribution is 5.30. The number of likely N-dealkylation sites (tertiary alicyclic amines) is 1. The normalized spacial score (nSPS) is 23.2. The van der Waals surface area contributed by atoms with E-state index in [-0.39, 0.29) is 0 Å². The third-order valence-corrected chi connectivity index (χ3v) is 3.33. The van der Waals surface area contributed by atoms with Crippen molar-refractivity contribution in [2.24, 2.45) is 7.05 Å². The van der Waals surface area contributed by atoms with Crippen LogP contribution in [0.5, 0.6) is 0 Å². The molecule has 0 radical (unpaired) electrons. The Balaban J connectivity index is 2.01. The SMILES string of the molecule is CN1CCCCC1Cc1cc(N)n(C)n1. The van der Waals surface area contributed by atoms with E-state index in [0.717, 1.165) is 17.9 Å². The smallest absolute Gasteiger partial charge is 0.121 e. The summed E-state index contributed by atoms with van der Waals surface area (Å²) in [6.07, 6.45) is 4.99. The lowest BCUT2D eigenvalue weighted by atomic mass is 9.99. The average Bonchev–Trinajstić information content (AvgIpc) is 2.50. The third-order valence-electron chi connectivity index (χ3n) is 3.33. The lowest BCUT2D eigenvalue weighted by molar-refractivity contribution is 0.183. The summed E-state index contributed by atoms with van der Waals surface area (Å²) < 4.78 is 1.75. The molecule has 1 saturated heterocycles. The second-order valence-electron chi connectivity index (χ2n) is 4.52. The molecular formula is C11H20N4. The van der Waals surface area contributed by atoms with Gasteiger partial charge in [0.1, 0.15) is 5.82 Å². The van der Waals surface area contributed by atoms with Crippen LogP contribution in [0.1, 0.15) is 25.0 Å². The number of aromatic nitrogens is 2. The number of nitrogens with zero attached hydrogens (tertiary/aromatic N) is 3. The Kier molecular flexibility index (Phi) is 2.95. The number of aryl methyl sites for hydroxylation is 1. The first-order valence-corrected chi connectivity index (χ1v) is 5.65. The Morgan fingerprint density at radius 3 is 2.87 bits per heavy atom. The van der Waals surface area contributed by atoms with Crippen molar-refractivity contribution in [3.63, 3.8) is 0 Å². The molecule has 2 heterocycles. The first kappa shape index (κ1) is 10.5. The van der Waals surface area contributed by atoms with E-state index in [4.69, 9.17) is 5.73 Å². The molecule has 4 heteroatoms. The minimum atomic E-state index is 0.646. The number of hydrogen-bond donors (Lipinski definition) is 1. The first-order chi connectivity index (χ1) is 7.16. The molecule has 1 aliphatic rings. The van der Waals surface area contributed by atoms with Gasteiger partial charge in [-0.1, -0.05) is 6.42 Å². The van der Waals surface area contributed by atoms with Gasteiger partial charge in [-0.3, -0.25) is 4.68 Å². The maximum Gasteiger partial charge on any atom is 0.121 e. The van der Waals surface area contributed by atoms with E-state index in [0.29, 0.717) is 6.04 Å². The fraction of sp³-hybridized carbons (Fsp3) is 0.727. The molecule has 1 fully saturated rings. The lowest BCUT2D eigenvalue weighted by Gasteiger charge is -2.31. The van der Waals surface area contributed by atoms with Crippen molar-refractivity contribution in [2.45, 2.75) is 31.7 Å². The van der Waals surface area contributed by atoms with Crippen LogP contribution >= 0.6 is 0 Å². The second kappa shape index (κ2) is 4.23. The van der Waals surface area contributed by atoms with Gasteiger partial charge in [-0.2, -0.15) is 5.10 Å². The summed E-state index contributed by atoms with van der Waals surface area (Å²) in [5.41, 5.74) is 6.89. The lowest BCUT2D eigenvalue weighted by Crippen LogP contribution is -2.37. The monoisotopic (exact) mass is 208 g/mol. The van der Waals surface area contributed by atoms with Crippen LogP contribution in [-0.2, 0) is 13.5 Å². The van der Waals surface area contributed by atoms with Crippen molar-refractivity contribution in [3.8, 4) is 0 Å². The minimum Gasteiger partial charge on any atom is -0.384 e. The van der Waals surface area contributed by atoms with Crippen LogP contribution in [0.2, 0.25) is 0 Å². The molecular weight excluding hydrogens is 188 g/mol. The molecule has 84 valence electrons. The number of likely N-dealkylation sites (N-methyl/N-ethyl adjacent to an activating group) is 1. The Bertz CT molecular complexity index is 312. The summed E-state index contributed by atoms with van der Waals surface area (Å²) in [4.78, 5) is 2.44. The number of rotatable bonds is 2.